The average Bonchev–Trinajstić information content (AvgIpc) is 2.67. The highest BCUT2D eigenvalue weighted by Gasteiger charge is 2.38. The van der Waals surface area contributed by atoms with Crippen molar-refractivity contribution in [2.75, 3.05) is 13.1 Å². The van der Waals surface area contributed by atoms with Crippen LogP contribution in [0.1, 0.15) is 40.5 Å². The fourth-order valence-corrected chi connectivity index (χ4v) is 2.27. The van der Waals surface area contributed by atoms with Crippen molar-refractivity contribution < 1.29 is 14.3 Å². The number of amides is 1. The van der Waals surface area contributed by atoms with Crippen LogP contribution in [0, 0.1) is 5.92 Å². The zero-order valence-corrected chi connectivity index (χ0v) is 12.5. The van der Waals surface area contributed by atoms with Crippen molar-refractivity contribution >= 4 is 11.9 Å². The van der Waals surface area contributed by atoms with Gasteiger partial charge in [-0.3, -0.25) is 4.79 Å². The Morgan fingerprint density at radius 2 is 2.25 bits per heavy atom. The molecule has 0 N–H and O–H groups in total. The van der Waals surface area contributed by atoms with E-state index >= 15 is 0 Å². The Balaban J connectivity index is 2.72. The first-order chi connectivity index (χ1) is 9.28. The second-order valence-electron chi connectivity index (χ2n) is 5.99. The lowest BCUT2D eigenvalue weighted by atomic mass is 10.1. The number of ether oxygens (including phenoxy) is 1. The van der Waals surface area contributed by atoms with E-state index < -0.39 is 11.6 Å². The molecule has 0 saturated carbocycles. The number of nitrogens with zero attached hydrogens (tertiary/aromatic N) is 4. The van der Waals surface area contributed by atoms with Crippen LogP contribution in [0.4, 0.5) is 0 Å². The molecule has 0 aromatic carbocycles. The van der Waals surface area contributed by atoms with Gasteiger partial charge in [0.05, 0.1) is 0 Å². The van der Waals surface area contributed by atoms with Crippen molar-refractivity contribution in [3.8, 4) is 0 Å². The summed E-state index contributed by atoms with van der Waals surface area (Å²) in [5, 5.41) is 3.50. The minimum Gasteiger partial charge on any atom is -0.458 e. The minimum absolute atomic E-state index is 0.0186. The van der Waals surface area contributed by atoms with E-state index in [-0.39, 0.29) is 24.3 Å². The number of likely N-dealkylation sites (tertiary alicyclic amines) is 1. The van der Waals surface area contributed by atoms with E-state index in [1.807, 2.05) is 6.92 Å². The molecule has 0 aromatic heterocycles. The van der Waals surface area contributed by atoms with E-state index in [2.05, 4.69) is 10.0 Å². The Kier molecular flexibility index (Phi) is 5.39. The summed E-state index contributed by atoms with van der Waals surface area (Å²) in [6.45, 7) is 7.97. The molecule has 0 aliphatic carbocycles. The molecule has 1 aliphatic rings. The summed E-state index contributed by atoms with van der Waals surface area (Å²) in [5.74, 6) is -0.478. The first-order valence-corrected chi connectivity index (χ1v) is 6.81. The van der Waals surface area contributed by atoms with Gasteiger partial charge in [0.2, 0.25) is 5.91 Å². The fourth-order valence-electron chi connectivity index (χ4n) is 2.27. The molecule has 1 amide bonds. The molecule has 0 radical (unpaired) electrons. The van der Waals surface area contributed by atoms with E-state index in [1.165, 1.54) is 0 Å². The summed E-state index contributed by atoms with van der Waals surface area (Å²) in [4.78, 5) is 28.4. The lowest BCUT2D eigenvalue weighted by Crippen LogP contribution is -2.45. The predicted octanol–water partition coefficient (Wildman–Crippen LogP) is 2.27. The van der Waals surface area contributed by atoms with Crippen molar-refractivity contribution in [3.05, 3.63) is 10.4 Å². The first-order valence-electron chi connectivity index (χ1n) is 6.81. The highest BCUT2D eigenvalue weighted by Crippen LogP contribution is 2.23. The van der Waals surface area contributed by atoms with Gasteiger partial charge in [0, 0.05) is 24.4 Å². The van der Waals surface area contributed by atoms with Gasteiger partial charge >= 0.3 is 5.97 Å². The van der Waals surface area contributed by atoms with Crippen LogP contribution in [0.25, 0.3) is 10.4 Å². The van der Waals surface area contributed by atoms with E-state index in [0.717, 1.165) is 0 Å². The van der Waals surface area contributed by atoms with Crippen molar-refractivity contribution in [2.45, 2.75) is 52.2 Å². The minimum atomic E-state index is -0.572. The van der Waals surface area contributed by atoms with Gasteiger partial charge in [-0.05, 0) is 38.6 Å². The molecule has 20 heavy (non-hydrogen) atoms. The van der Waals surface area contributed by atoms with Gasteiger partial charge in [-0.15, -0.1) is 0 Å². The third kappa shape index (κ3) is 4.42. The Labute approximate surface area is 118 Å². The SMILES string of the molecule is CC[C@H](C(=O)OC(C)(C)C)N1CC(CN=[N+]=[N-])CC1=O. The molecule has 2 atom stereocenters. The number of hydrogen-bond donors (Lipinski definition) is 0. The Bertz CT molecular complexity index is 424. The van der Waals surface area contributed by atoms with Crippen molar-refractivity contribution in [1.82, 2.24) is 4.90 Å². The largest absolute Gasteiger partial charge is 0.458 e. The number of azide groups is 1. The van der Waals surface area contributed by atoms with Gasteiger partial charge in [0.1, 0.15) is 11.6 Å². The van der Waals surface area contributed by atoms with Crippen molar-refractivity contribution in [1.29, 1.82) is 0 Å². The second-order valence-corrected chi connectivity index (χ2v) is 5.99. The topological polar surface area (TPSA) is 95.4 Å². The molecule has 1 rings (SSSR count). The number of rotatable bonds is 5. The maximum Gasteiger partial charge on any atom is 0.329 e. The fraction of sp³-hybridized carbons (Fsp3) is 0.846. The molecule has 1 unspecified atom stereocenters. The Morgan fingerprint density at radius 3 is 2.75 bits per heavy atom. The van der Waals surface area contributed by atoms with Crippen LogP contribution >= 0.6 is 0 Å². The lowest BCUT2D eigenvalue weighted by Gasteiger charge is -2.29. The molecular formula is C13H22N4O3. The number of carbonyl (C=O) groups excluding carboxylic acids is 2. The van der Waals surface area contributed by atoms with Crippen LogP contribution in [0.2, 0.25) is 0 Å². The molecule has 1 saturated heterocycles. The number of carbonyl (C=O) groups is 2. The van der Waals surface area contributed by atoms with Crippen LogP contribution in [-0.4, -0.2) is 41.5 Å². The molecule has 1 heterocycles. The average molecular weight is 282 g/mol. The quantitative estimate of drug-likeness (QED) is 0.335. The smallest absolute Gasteiger partial charge is 0.329 e. The Morgan fingerprint density at radius 1 is 1.60 bits per heavy atom. The molecular weight excluding hydrogens is 260 g/mol. The first kappa shape index (κ1) is 16.3. The van der Waals surface area contributed by atoms with Crippen LogP contribution in [0.5, 0.6) is 0 Å². The number of esters is 1. The standard InChI is InChI=1S/C13H22N4O3/c1-5-10(12(19)20-13(2,3)4)17-8-9(6-11(17)18)7-15-16-14/h9-10H,5-8H2,1-4H3/t9?,10-/m1/s1. The summed E-state index contributed by atoms with van der Waals surface area (Å²) in [6, 6.07) is -0.558. The molecule has 1 fully saturated rings. The third-order valence-corrected chi connectivity index (χ3v) is 3.08. The predicted molar refractivity (Wildman–Crippen MR) is 73.8 cm³/mol. The highest BCUT2D eigenvalue weighted by molar-refractivity contribution is 5.86. The lowest BCUT2D eigenvalue weighted by molar-refractivity contribution is -0.163. The molecule has 7 nitrogen and oxygen atoms in total. The summed E-state index contributed by atoms with van der Waals surface area (Å²) >= 11 is 0. The maximum atomic E-state index is 12.1. The zero-order chi connectivity index (χ0) is 15.3. The normalized spacial score (nSPS) is 20.5. The van der Waals surface area contributed by atoms with Gasteiger partial charge in [0.25, 0.3) is 0 Å². The van der Waals surface area contributed by atoms with Gasteiger partial charge in [-0.1, -0.05) is 12.0 Å². The van der Waals surface area contributed by atoms with Crippen LogP contribution in [0.15, 0.2) is 5.11 Å². The van der Waals surface area contributed by atoms with Crippen molar-refractivity contribution in [2.24, 2.45) is 11.0 Å². The Hall–Kier alpha value is -1.75. The number of hydrogen-bond acceptors (Lipinski definition) is 4. The van der Waals surface area contributed by atoms with Crippen LogP contribution in [-0.2, 0) is 14.3 Å². The highest BCUT2D eigenvalue weighted by atomic mass is 16.6. The molecule has 0 spiro atoms. The van der Waals surface area contributed by atoms with Gasteiger partial charge in [-0.2, -0.15) is 0 Å². The summed E-state index contributed by atoms with van der Waals surface area (Å²) < 4.78 is 5.35. The van der Waals surface area contributed by atoms with Gasteiger partial charge in [0.15, 0.2) is 0 Å². The van der Waals surface area contributed by atoms with Gasteiger partial charge < -0.3 is 9.64 Å². The van der Waals surface area contributed by atoms with Crippen molar-refractivity contribution in [3.63, 3.8) is 0 Å². The van der Waals surface area contributed by atoms with E-state index in [0.29, 0.717) is 19.4 Å². The molecule has 0 bridgehead atoms. The summed E-state index contributed by atoms with van der Waals surface area (Å²) in [5.41, 5.74) is 7.74. The van der Waals surface area contributed by atoms with Crippen LogP contribution < -0.4 is 0 Å². The summed E-state index contributed by atoms with van der Waals surface area (Å²) in [7, 11) is 0. The van der Waals surface area contributed by atoms with E-state index in [1.54, 1.807) is 25.7 Å². The maximum absolute atomic E-state index is 12.1. The molecule has 7 heteroatoms. The molecule has 112 valence electrons. The van der Waals surface area contributed by atoms with Crippen LogP contribution in [0.3, 0.4) is 0 Å². The molecule has 1 aliphatic heterocycles. The second kappa shape index (κ2) is 6.61. The van der Waals surface area contributed by atoms with Gasteiger partial charge in [-0.25, -0.2) is 4.79 Å². The third-order valence-electron chi connectivity index (χ3n) is 3.08. The summed E-state index contributed by atoms with van der Waals surface area (Å²) in [6.07, 6.45) is 0.827. The monoisotopic (exact) mass is 282 g/mol. The zero-order valence-electron chi connectivity index (χ0n) is 12.5. The van der Waals surface area contributed by atoms with E-state index in [9.17, 15) is 9.59 Å². The molecule has 0 aromatic rings. The van der Waals surface area contributed by atoms with E-state index in [4.69, 9.17) is 10.3 Å².